The lowest BCUT2D eigenvalue weighted by atomic mass is 9.90. The van der Waals surface area contributed by atoms with Gasteiger partial charge < -0.3 is 30.6 Å². The first-order chi connectivity index (χ1) is 49.3. The Balaban J connectivity index is 1.05. The largest absolute Gasteiger partial charge is 0.507 e. The summed E-state index contributed by atoms with van der Waals surface area (Å²) in [6.07, 6.45) is -0.574. The first kappa shape index (κ1) is 67.6. The molecule has 0 aromatic heterocycles. The van der Waals surface area contributed by atoms with E-state index in [1.807, 2.05) is 187 Å². The van der Waals surface area contributed by atoms with Crippen LogP contribution in [0.15, 0.2) is 280 Å². The maximum atomic E-state index is 12.8. The standard InChI is InChI=1S/C84H72N12O6/c1-49-13-7-19-67(25-49)85-91-73-37-55-31-57-39-74(92-86-68-20-8-14-50(2)26-68)41-59(80(57)98)33-61-43-76(94-88-70-22-10-16-52(4)28-70)45-63(82(61)100)35-65-47-78(96-90-72-24-12-18-54(6)30-72)48-66(84(65)102)36-64-46-77(95-89-71-23-11-17-53(5)29-71)44-62(83(64)101)34-60-42-75(93-87-69-21-9-15-51(3)27-69)40-58(81(60)99)32-56(38-73)79(55)97/h7-30,37-48,97-102H,31-36H2,1-6H3. The molecule has 12 aromatic rings. The van der Waals surface area contributed by atoms with Crippen molar-refractivity contribution < 1.29 is 30.6 Å². The molecule has 0 saturated carbocycles. The van der Waals surface area contributed by atoms with Gasteiger partial charge >= 0.3 is 0 Å². The van der Waals surface area contributed by atoms with Crippen LogP contribution < -0.4 is 0 Å². The third-order valence-electron chi connectivity index (χ3n) is 17.5. The summed E-state index contributed by atoms with van der Waals surface area (Å²) in [6, 6.07) is 65.9. The van der Waals surface area contributed by atoms with Crippen LogP contribution in [0.4, 0.5) is 68.2 Å². The van der Waals surface area contributed by atoms with Crippen molar-refractivity contribution in [2.75, 3.05) is 0 Å². The molecule has 12 aromatic carbocycles. The molecule has 0 aliphatic heterocycles. The molecule has 12 bridgehead atoms. The summed E-state index contributed by atoms with van der Waals surface area (Å²) >= 11 is 0. The molecule has 1 aliphatic rings. The number of nitrogens with zero attached hydrogens (tertiary/aromatic N) is 12. The molecule has 504 valence electrons. The predicted molar refractivity (Wildman–Crippen MR) is 398 cm³/mol. The zero-order chi connectivity index (χ0) is 71.0. The zero-order valence-corrected chi connectivity index (χ0v) is 57.1. The molecule has 18 heteroatoms. The molecular weight excluding hydrogens is 1270 g/mol. The fourth-order valence-corrected chi connectivity index (χ4v) is 12.5. The SMILES string of the molecule is Cc1cccc(N=Nc2cc3c(O)c(c2)Cc2cc(N=Nc4cccc(C)c4)cc(c2O)Cc2cc(N=Nc4cccc(C)c4)cc(c2O)Cc2cc(N=Nc4cccc(C)c4)cc(c2O)Cc2cc(N=Nc4cccc(C)c4)cc(c2O)Cc2cc(N=Nc4cccc(C)c4)cc(c2O)C3)c1. The van der Waals surface area contributed by atoms with E-state index in [0.29, 0.717) is 135 Å². The number of benzene rings is 12. The van der Waals surface area contributed by atoms with Gasteiger partial charge in [-0.15, -0.1) is 0 Å². The van der Waals surface area contributed by atoms with Crippen LogP contribution in [0, 0.1) is 41.5 Å². The third-order valence-corrected chi connectivity index (χ3v) is 17.5. The minimum Gasteiger partial charge on any atom is -0.507 e. The van der Waals surface area contributed by atoms with E-state index < -0.39 is 0 Å². The minimum atomic E-state index is -0.159. The highest BCUT2D eigenvalue weighted by atomic mass is 16.3. The summed E-state index contributed by atoms with van der Waals surface area (Å²) in [4.78, 5) is 0. The Morgan fingerprint density at radius 1 is 0.167 bits per heavy atom. The van der Waals surface area contributed by atoms with Crippen LogP contribution in [0.3, 0.4) is 0 Å². The van der Waals surface area contributed by atoms with Crippen LogP contribution >= 0.6 is 0 Å². The fourth-order valence-electron chi connectivity index (χ4n) is 12.5. The molecule has 0 unspecified atom stereocenters. The van der Waals surface area contributed by atoms with Crippen molar-refractivity contribution in [3.8, 4) is 34.5 Å². The molecule has 0 atom stereocenters. The van der Waals surface area contributed by atoms with Gasteiger partial charge in [-0.3, -0.25) is 0 Å². The number of hydrogen-bond donors (Lipinski definition) is 6. The minimum absolute atomic E-state index is 0.0957. The van der Waals surface area contributed by atoms with Crippen molar-refractivity contribution in [2.45, 2.75) is 80.1 Å². The lowest BCUT2D eigenvalue weighted by Crippen LogP contribution is -2.01. The molecule has 0 heterocycles. The summed E-state index contributed by atoms with van der Waals surface area (Å²) < 4.78 is 0. The van der Waals surface area contributed by atoms with Crippen LogP contribution in [-0.4, -0.2) is 30.6 Å². The normalized spacial score (nSPS) is 12.8. The van der Waals surface area contributed by atoms with E-state index in [9.17, 15) is 30.6 Å². The second-order valence-corrected chi connectivity index (χ2v) is 26.0. The third kappa shape index (κ3) is 16.6. The summed E-state index contributed by atoms with van der Waals surface area (Å²) in [5.74, 6) is -0.952. The monoisotopic (exact) mass is 1340 g/mol. The fraction of sp³-hybridized carbons (Fsp3) is 0.143. The van der Waals surface area contributed by atoms with E-state index in [0.717, 1.165) is 33.4 Å². The lowest BCUT2D eigenvalue weighted by molar-refractivity contribution is 0.451. The predicted octanol–water partition coefficient (Wildman–Crippen LogP) is 24.1. The molecule has 0 saturated heterocycles. The van der Waals surface area contributed by atoms with Crippen LogP contribution in [0.25, 0.3) is 0 Å². The Labute approximate surface area is 590 Å². The van der Waals surface area contributed by atoms with E-state index in [4.69, 9.17) is 30.7 Å². The van der Waals surface area contributed by atoms with Crippen LogP contribution in [0.1, 0.15) is 100 Å². The van der Waals surface area contributed by atoms with Gasteiger partial charge in [-0.05, 0) is 221 Å². The Hall–Kier alpha value is -13.0. The number of azo groups is 6. The van der Waals surface area contributed by atoms with Crippen LogP contribution in [-0.2, 0) is 38.5 Å². The molecule has 18 nitrogen and oxygen atoms in total. The van der Waals surface area contributed by atoms with Crippen molar-refractivity contribution in [1.29, 1.82) is 0 Å². The number of phenolic OH excluding ortho intramolecular Hbond substituents is 6. The average Bonchev–Trinajstić information content (AvgIpc) is 0.789. The number of fused-ring (bicyclic) bond motifs is 12. The molecule has 6 N–H and O–H groups in total. The van der Waals surface area contributed by atoms with Crippen molar-refractivity contribution in [2.24, 2.45) is 61.4 Å². The highest BCUT2D eigenvalue weighted by molar-refractivity contribution is 5.66. The van der Waals surface area contributed by atoms with Gasteiger partial charge in [-0.1, -0.05) is 72.8 Å². The van der Waals surface area contributed by atoms with Gasteiger partial charge in [0.2, 0.25) is 0 Å². The maximum Gasteiger partial charge on any atom is 0.122 e. The quantitative estimate of drug-likeness (QED) is 0.0647. The zero-order valence-electron chi connectivity index (χ0n) is 57.1. The van der Waals surface area contributed by atoms with Crippen molar-refractivity contribution in [3.05, 3.63) is 319 Å². The van der Waals surface area contributed by atoms with Crippen LogP contribution in [0.5, 0.6) is 34.5 Å². The Morgan fingerprint density at radius 2 is 0.284 bits per heavy atom. The van der Waals surface area contributed by atoms with E-state index in [1.54, 1.807) is 72.8 Å². The number of aryl methyl sites for hydroxylation is 6. The smallest absolute Gasteiger partial charge is 0.122 e. The average molecular weight is 1350 g/mol. The van der Waals surface area contributed by atoms with Crippen LogP contribution in [0.2, 0.25) is 0 Å². The summed E-state index contributed by atoms with van der Waals surface area (Å²) in [7, 11) is 0. The van der Waals surface area contributed by atoms with Gasteiger partial charge in [-0.25, -0.2) is 0 Å². The first-order valence-electron chi connectivity index (χ1n) is 33.3. The van der Waals surface area contributed by atoms with E-state index >= 15 is 0 Å². The lowest BCUT2D eigenvalue weighted by Gasteiger charge is -2.18. The van der Waals surface area contributed by atoms with Crippen molar-refractivity contribution >= 4 is 68.2 Å². The second-order valence-electron chi connectivity index (χ2n) is 26.0. The van der Waals surface area contributed by atoms with E-state index in [1.165, 1.54) is 0 Å². The molecule has 13 rings (SSSR count). The van der Waals surface area contributed by atoms with Gasteiger partial charge in [0.1, 0.15) is 34.5 Å². The van der Waals surface area contributed by atoms with E-state index in [2.05, 4.69) is 30.7 Å². The van der Waals surface area contributed by atoms with E-state index in [-0.39, 0.29) is 73.0 Å². The highest BCUT2D eigenvalue weighted by Crippen LogP contribution is 2.45. The number of rotatable bonds is 12. The van der Waals surface area contributed by atoms with Gasteiger partial charge in [0, 0.05) is 105 Å². The Bertz CT molecular complexity index is 4430. The van der Waals surface area contributed by atoms with Gasteiger partial charge in [0.15, 0.2) is 0 Å². The second kappa shape index (κ2) is 30.0. The summed E-state index contributed by atoms with van der Waals surface area (Å²) in [6.45, 7) is 11.8. The van der Waals surface area contributed by atoms with Gasteiger partial charge in [0.05, 0.1) is 68.2 Å². The molecule has 102 heavy (non-hydrogen) atoms. The maximum absolute atomic E-state index is 12.8. The molecular formula is C84H72N12O6. The van der Waals surface area contributed by atoms with Gasteiger partial charge in [0.25, 0.3) is 0 Å². The summed E-state index contributed by atoms with van der Waals surface area (Å²) in [5, 5.41) is 133. The molecule has 1 aliphatic carbocycles. The highest BCUT2D eigenvalue weighted by Gasteiger charge is 2.24. The molecule has 0 spiro atoms. The number of aromatic hydroxyl groups is 6. The Morgan fingerprint density at radius 3 is 0.402 bits per heavy atom. The molecule has 0 radical (unpaired) electrons. The number of phenols is 6. The summed E-state index contributed by atoms with van der Waals surface area (Å²) in [5.41, 5.74) is 15.5. The van der Waals surface area contributed by atoms with Crippen molar-refractivity contribution in [1.82, 2.24) is 0 Å². The molecule has 0 fully saturated rings. The van der Waals surface area contributed by atoms with Crippen molar-refractivity contribution in [3.63, 3.8) is 0 Å². The topological polar surface area (TPSA) is 270 Å². The number of hydrogen-bond acceptors (Lipinski definition) is 18. The Kier molecular flexibility index (Phi) is 19.9. The van der Waals surface area contributed by atoms with Gasteiger partial charge in [-0.2, -0.15) is 61.4 Å². The first-order valence-corrected chi connectivity index (χ1v) is 33.3. The molecule has 0 amide bonds.